The van der Waals surface area contributed by atoms with Gasteiger partial charge in [-0.2, -0.15) is 4.31 Å². The van der Waals surface area contributed by atoms with Gasteiger partial charge in [-0.1, -0.05) is 6.07 Å². The van der Waals surface area contributed by atoms with Crippen molar-refractivity contribution in [1.82, 2.24) is 9.62 Å². The molecule has 118 valence electrons. The number of hydrogen-bond acceptors (Lipinski definition) is 4. The third-order valence-corrected chi connectivity index (χ3v) is 6.11. The normalized spacial score (nSPS) is 17.0. The average Bonchev–Trinajstić information content (AvgIpc) is 3.30. The molecule has 1 atom stereocenters. The molecule has 1 fully saturated rings. The second kappa shape index (κ2) is 6.34. The van der Waals surface area contributed by atoms with Gasteiger partial charge in [0.25, 0.3) is 0 Å². The minimum absolute atomic E-state index is 0.0210. The molecule has 0 amide bonds. The Labute approximate surface area is 127 Å². The lowest BCUT2D eigenvalue weighted by Gasteiger charge is -2.25. The maximum atomic E-state index is 12.9. The van der Waals surface area contributed by atoms with Crippen LogP contribution in [0.5, 0.6) is 5.75 Å². The lowest BCUT2D eigenvalue weighted by molar-refractivity contribution is 0.352. The Hall–Kier alpha value is -1.11. The van der Waals surface area contributed by atoms with E-state index in [2.05, 4.69) is 5.32 Å². The number of nitrogens with one attached hydrogen (secondary N) is 1. The van der Waals surface area contributed by atoms with Crippen LogP contribution in [-0.2, 0) is 16.6 Å². The highest BCUT2D eigenvalue weighted by atomic mass is 32.2. The minimum atomic E-state index is -3.55. The highest BCUT2D eigenvalue weighted by molar-refractivity contribution is 7.89. The van der Waals surface area contributed by atoms with E-state index in [9.17, 15) is 8.42 Å². The van der Waals surface area contributed by atoms with Crippen molar-refractivity contribution in [3.63, 3.8) is 0 Å². The quantitative estimate of drug-likeness (QED) is 0.834. The van der Waals surface area contributed by atoms with Crippen LogP contribution in [0.25, 0.3) is 0 Å². The third-order valence-electron chi connectivity index (χ3n) is 4.14. The fourth-order valence-electron chi connectivity index (χ4n) is 2.49. The number of nitrogens with zero attached hydrogens (tertiary/aromatic N) is 1. The summed E-state index contributed by atoms with van der Waals surface area (Å²) in [6, 6.07) is 5.31. The van der Waals surface area contributed by atoms with E-state index >= 15 is 0 Å². The molecule has 1 saturated carbocycles. The zero-order valence-corrected chi connectivity index (χ0v) is 13.9. The van der Waals surface area contributed by atoms with Crippen molar-refractivity contribution in [3.05, 3.63) is 23.8 Å². The molecule has 1 aromatic rings. The average molecular weight is 312 g/mol. The Balaban J connectivity index is 2.39. The lowest BCUT2D eigenvalue weighted by atomic mass is 10.2. The van der Waals surface area contributed by atoms with Crippen LogP contribution in [0.3, 0.4) is 0 Å². The summed E-state index contributed by atoms with van der Waals surface area (Å²) < 4.78 is 32.5. The Kier molecular flexibility index (Phi) is 4.91. The number of benzene rings is 1. The van der Waals surface area contributed by atoms with Crippen LogP contribution in [0.2, 0.25) is 0 Å². The van der Waals surface area contributed by atoms with E-state index in [-0.39, 0.29) is 10.9 Å². The van der Waals surface area contributed by atoms with Crippen LogP contribution < -0.4 is 10.1 Å². The van der Waals surface area contributed by atoms with E-state index in [4.69, 9.17) is 4.74 Å². The monoisotopic (exact) mass is 312 g/mol. The van der Waals surface area contributed by atoms with E-state index < -0.39 is 10.0 Å². The first-order valence-electron chi connectivity index (χ1n) is 7.21. The van der Waals surface area contributed by atoms with E-state index in [1.807, 2.05) is 20.0 Å². The molecule has 6 heteroatoms. The molecule has 0 radical (unpaired) electrons. The summed E-state index contributed by atoms with van der Waals surface area (Å²) in [4.78, 5) is 0.243. The molecule has 21 heavy (non-hydrogen) atoms. The van der Waals surface area contributed by atoms with Gasteiger partial charge in [0.1, 0.15) is 10.6 Å². The fraction of sp³-hybridized carbons (Fsp3) is 0.600. The summed E-state index contributed by atoms with van der Waals surface area (Å²) in [5, 5.41) is 3.03. The van der Waals surface area contributed by atoms with Crippen molar-refractivity contribution >= 4 is 10.0 Å². The molecule has 0 heterocycles. The predicted octanol–water partition coefficient (Wildman–Crippen LogP) is 1.83. The van der Waals surface area contributed by atoms with Gasteiger partial charge in [-0.25, -0.2) is 8.42 Å². The number of ether oxygens (including phenoxy) is 1. The maximum Gasteiger partial charge on any atom is 0.246 e. The molecule has 1 aliphatic rings. The Bertz CT molecular complexity index is 597. The summed E-state index contributed by atoms with van der Waals surface area (Å²) in [7, 11) is 1.44. The summed E-state index contributed by atoms with van der Waals surface area (Å²) >= 11 is 0. The van der Waals surface area contributed by atoms with Gasteiger partial charge in [0.15, 0.2) is 0 Å². The molecular weight excluding hydrogens is 288 g/mol. The second-order valence-electron chi connectivity index (χ2n) is 5.61. The molecular formula is C15H24N2O3S. The number of sulfonamides is 1. The van der Waals surface area contributed by atoms with Crippen molar-refractivity contribution < 1.29 is 13.2 Å². The van der Waals surface area contributed by atoms with Crippen molar-refractivity contribution in [2.24, 2.45) is 5.92 Å². The minimum Gasteiger partial charge on any atom is -0.495 e. The van der Waals surface area contributed by atoms with Crippen molar-refractivity contribution in [2.45, 2.75) is 37.2 Å². The van der Waals surface area contributed by atoms with Gasteiger partial charge in [-0.05, 0) is 50.4 Å². The molecule has 5 nitrogen and oxygen atoms in total. The molecule has 1 N–H and O–H groups in total. The van der Waals surface area contributed by atoms with E-state index in [1.165, 1.54) is 11.4 Å². The van der Waals surface area contributed by atoms with Crippen LogP contribution in [0, 0.1) is 5.92 Å². The van der Waals surface area contributed by atoms with E-state index in [0.717, 1.165) is 18.4 Å². The summed E-state index contributed by atoms with van der Waals surface area (Å²) in [6.07, 6.45) is 2.22. The van der Waals surface area contributed by atoms with Gasteiger partial charge in [0.05, 0.1) is 7.11 Å². The Morgan fingerprint density at radius 2 is 2.10 bits per heavy atom. The Morgan fingerprint density at radius 1 is 1.43 bits per heavy atom. The van der Waals surface area contributed by atoms with Crippen LogP contribution in [0.1, 0.15) is 25.3 Å². The largest absolute Gasteiger partial charge is 0.495 e. The van der Waals surface area contributed by atoms with Crippen LogP contribution in [0.4, 0.5) is 0 Å². The number of methoxy groups -OCH3 is 1. The first-order chi connectivity index (χ1) is 9.91. The van der Waals surface area contributed by atoms with Gasteiger partial charge >= 0.3 is 0 Å². The highest BCUT2D eigenvalue weighted by Crippen LogP contribution is 2.37. The first kappa shape index (κ1) is 16.3. The molecule has 0 aliphatic heterocycles. The van der Waals surface area contributed by atoms with Crippen molar-refractivity contribution in [1.29, 1.82) is 0 Å². The SMILES string of the molecule is CNCc1ccc(OC)c(S(=O)(=O)N(C)C(C)C2CC2)c1. The number of hydrogen-bond donors (Lipinski definition) is 1. The van der Waals surface area contributed by atoms with Gasteiger partial charge in [-0.15, -0.1) is 0 Å². The zero-order valence-electron chi connectivity index (χ0n) is 13.1. The molecule has 1 aliphatic carbocycles. The predicted molar refractivity (Wildman–Crippen MR) is 82.9 cm³/mol. The summed E-state index contributed by atoms with van der Waals surface area (Å²) in [5.74, 6) is 0.876. The topological polar surface area (TPSA) is 58.6 Å². The van der Waals surface area contributed by atoms with Crippen LogP contribution in [-0.4, -0.2) is 40.0 Å². The Morgan fingerprint density at radius 3 is 2.62 bits per heavy atom. The van der Waals surface area contributed by atoms with Crippen LogP contribution in [0.15, 0.2) is 23.1 Å². The van der Waals surface area contributed by atoms with Crippen LogP contribution >= 0.6 is 0 Å². The smallest absolute Gasteiger partial charge is 0.246 e. The van der Waals surface area contributed by atoms with Crippen molar-refractivity contribution in [2.75, 3.05) is 21.2 Å². The third kappa shape index (κ3) is 3.39. The first-order valence-corrected chi connectivity index (χ1v) is 8.65. The molecule has 2 rings (SSSR count). The van der Waals surface area contributed by atoms with E-state index in [0.29, 0.717) is 18.2 Å². The highest BCUT2D eigenvalue weighted by Gasteiger charge is 2.37. The van der Waals surface area contributed by atoms with Gasteiger partial charge in [0.2, 0.25) is 10.0 Å². The van der Waals surface area contributed by atoms with Gasteiger partial charge in [-0.3, -0.25) is 0 Å². The van der Waals surface area contributed by atoms with Gasteiger partial charge < -0.3 is 10.1 Å². The van der Waals surface area contributed by atoms with E-state index in [1.54, 1.807) is 19.2 Å². The number of rotatable bonds is 7. The fourth-order valence-corrected chi connectivity index (χ4v) is 4.11. The second-order valence-corrected chi connectivity index (χ2v) is 7.58. The van der Waals surface area contributed by atoms with Crippen molar-refractivity contribution in [3.8, 4) is 5.75 Å². The van der Waals surface area contributed by atoms with Gasteiger partial charge in [0, 0.05) is 19.6 Å². The molecule has 1 unspecified atom stereocenters. The molecule has 0 saturated heterocycles. The molecule has 1 aromatic carbocycles. The lowest BCUT2D eigenvalue weighted by Crippen LogP contribution is -2.36. The maximum absolute atomic E-state index is 12.9. The summed E-state index contributed by atoms with van der Waals surface area (Å²) in [5.41, 5.74) is 0.921. The molecule has 0 spiro atoms. The molecule has 0 bridgehead atoms. The summed E-state index contributed by atoms with van der Waals surface area (Å²) in [6.45, 7) is 2.59. The zero-order chi connectivity index (χ0) is 15.6. The standard InChI is InChI=1S/C15H24N2O3S/c1-11(13-6-7-13)17(3)21(18,19)15-9-12(10-16-2)5-8-14(15)20-4/h5,8-9,11,13,16H,6-7,10H2,1-4H3. The molecule has 0 aromatic heterocycles.